The largest absolute Gasteiger partial charge is 0.332 e. The predicted molar refractivity (Wildman–Crippen MR) is 93.5 cm³/mol. The van der Waals surface area contributed by atoms with E-state index in [2.05, 4.69) is 21.2 Å². The SMILES string of the molecule is Cc1ccc(NC(=O)CN(C)C(=O)c2ccc(Br)s2)c(C)c1. The van der Waals surface area contributed by atoms with E-state index in [4.69, 9.17) is 0 Å². The lowest BCUT2D eigenvalue weighted by molar-refractivity contribution is -0.116. The monoisotopic (exact) mass is 380 g/mol. The van der Waals surface area contributed by atoms with Crippen molar-refractivity contribution in [3.8, 4) is 0 Å². The molecule has 0 radical (unpaired) electrons. The summed E-state index contributed by atoms with van der Waals surface area (Å²) in [6, 6.07) is 9.40. The van der Waals surface area contributed by atoms with E-state index in [1.165, 1.54) is 16.2 Å². The molecular weight excluding hydrogens is 364 g/mol. The maximum absolute atomic E-state index is 12.2. The summed E-state index contributed by atoms with van der Waals surface area (Å²) in [5.74, 6) is -0.370. The Morgan fingerprint density at radius 1 is 1.23 bits per heavy atom. The molecule has 22 heavy (non-hydrogen) atoms. The van der Waals surface area contributed by atoms with Gasteiger partial charge in [0.25, 0.3) is 5.91 Å². The fraction of sp³-hybridized carbons (Fsp3) is 0.250. The Hall–Kier alpha value is -1.66. The van der Waals surface area contributed by atoms with Gasteiger partial charge in [0.15, 0.2) is 0 Å². The molecule has 1 heterocycles. The Labute approximate surface area is 142 Å². The molecule has 116 valence electrons. The third-order valence-corrected chi connectivity index (χ3v) is 4.78. The normalized spacial score (nSPS) is 10.4. The van der Waals surface area contributed by atoms with Gasteiger partial charge in [-0.25, -0.2) is 0 Å². The Morgan fingerprint density at radius 3 is 2.55 bits per heavy atom. The van der Waals surface area contributed by atoms with Gasteiger partial charge >= 0.3 is 0 Å². The van der Waals surface area contributed by atoms with Gasteiger partial charge in [0.2, 0.25) is 5.91 Å². The van der Waals surface area contributed by atoms with Gasteiger partial charge in [-0.1, -0.05) is 17.7 Å². The fourth-order valence-corrected chi connectivity index (χ4v) is 3.43. The van der Waals surface area contributed by atoms with Crippen molar-refractivity contribution in [3.05, 3.63) is 50.1 Å². The van der Waals surface area contributed by atoms with E-state index in [1.807, 2.05) is 38.1 Å². The number of amides is 2. The van der Waals surface area contributed by atoms with Crippen LogP contribution in [0.4, 0.5) is 5.69 Å². The molecule has 0 aliphatic carbocycles. The molecule has 0 saturated heterocycles. The minimum absolute atomic E-state index is 0.0155. The molecule has 2 rings (SSSR count). The number of nitrogens with zero attached hydrogens (tertiary/aromatic N) is 1. The molecule has 2 aromatic rings. The Kier molecular flexibility index (Phi) is 5.37. The predicted octanol–water partition coefficient (Wildman–Crippen LogP) is 3.84. The molecule has 0 saturated carbocycles. The van der Waals surface area contributed by atoms with Gasteiger partial charge in [0, 0.05) is 12.7 Å². The van der Waals surface area contributed by atoms with E-state index < -0.39 is 0 Å². The second-order valence-electron chi connectivity index (χ2n) is 5.13. The zero-order valence-corrected chi connectivity index (χ0v) is 15.0. The van der Waals surface area contributed by atoms with Crippen molar-refractivity contribution < 1.29 is 9.59 Å². The first-order chi connectivity index (χ1) is 10.4. The molecule has 2 amide bonds. The highest BCUT2D eigenvalue weighted by molar-refractivity contribution is 9.11. The highest BCUT2D eigenvalue weighted by Crippen LogP contribution is 2.23. The molecule has 0 aliphatic heterocycles. The van der Waals surface area contributed by atoms with Crippen LogP contribution < -0.4 is 5.32 Å². The third kappa shape index (κ3) is 4.18. The molecule has 0 aliphatic rings. The van der Waals surface area contributed by atoms with Gasteiger partial charge in [-0.3, -0.25) is 9.59 Å². The van der Waals surface area contributed by atoms with E-state index in [9.17, 15) is 9.59 Å². The lowest BCUT2D eigenvalue weighted by atomic mass is 10.1. The summed E-state index contributed by atoms with van der Waals surface area (Å²) < 4.78 is 0.893. The number of rotatable bonds is 4. The summed E-state index contributed by atoms with van der Waals surface area (Å²) in [5.41, 5.74) is 2.92. The molecule has 0 bridgehead atoms. The van der Waals surface area contributed by atoms with Crippen LogP contribution in [0.15, 0.2) is 34.1 Å². The Bertz CT molecular complexity index is 712. The smallest absolute Gasteiger partial charge is 0.264 e. The number of likely N-dealkylation sites (N-methyl/N-ethyl adjacent to an activating group) is 1. The number of aryl methyl sites for hydroxylation is 2. The van der Waals surface area contributed by atoms with Crippen molar-refractivity contribution in [2.24, 2.45) is 0 Å². The zero-order valence-electron chi connectivity index (χ0n) is 12.6. The van der Waals surface area contributed by atoms with Gasteiger partial charge in [-0.2, -0.15) is 0 Å². The van der Waals surface area contributed by atoms with Gasteiger partial charge in [-0.05, 0) is 53.5 Å². The first-order valence-electron chi connectivity index (χ1n) is 6.74. The number of nitrogens with one attached hydrogen (secondary N) is 1. The van der Waals surface area contributed by atoms with E-state index in [1.54, 1.807) is 13.1 Å². The van der Waals surface area contributed by atoms with Crippen molar-refractivity contribution in [1.29, 1.82) is 0 Å². The molecule has 0 atom stereocenters. The fourth-order valence-electron chi connectivity index (χ4n) is 2.05. The number of hydrogen-bond acceptors (Lipinski definition) is 3. The lowest BCUT2D eigenvalue weighted by Gasteiger charge is -2.16. The molecule has 0 fully saturated rings. The molecule has 0 unspecified atom stereocenters. The summed E-state index contributed by atoms with van der Waals surface area (Å²) in [6.45, 7) is 3.96. The quantitative estimate of drug-likeness (QED) is 0.875. The van der Waals surface area contributed by atoms with Crippen LogP contribution in [0, 0.1) is 13.8 Å². The van der Waals surface area contributed by atoms with Crippen molar-refractivity contribution in [3.63, 3.8) is 0 Å². The van der Waals surface area contributed by atoms with Crippen LogP contribution in [0.25, 0.3) is 0 Å². The maximum Gasteiger partial charge on any atom is 0.264 e. The number of carbonyl (C=O) groups excluding carboxylic acids is 2. The van der Waals surface area contributed by atoms with Crippen LogP contribution in [-0.2, 0) is 4.79 Å². The summed E-state index contributed by atoms with van der Waals surface area (Å²) >= 11 is 4.68. The second kappa shape index (κ2) is 7.07. The second-order valence-corrected chi connectivity index (χ2v) is 7.59. The lowest BCUT2D eigenvalue weighted by Crippen LogP contribution is -2.34. The zero-order chi connectivity index (χ0) is 16.3. The van der Waals surface area contributed by atoms with Crippen LogP contribution >= 0.6 is 27.3 Å². The van der Waals surface area contributed by atoms with E-state index in [-0.39, 0.29) is 18.4 Å². The van der Waals surface area contributed by atoms with Crippen LogP contribution in [-0.4, -0.2) is 30.3 Å². The van der Waals surface area contributed by atoms with Gasteiger partial charge < -0.3 is 10.2 Å². The standard InChI is InChI=1S/C16H17BrN2O2S/c1-10-4-5-12(11(2)8-10)18-15(20)9-19(3)16(21)13-6-7-14(17)22-13/h4-8H,9H2,1-3H3,(H,18,20). The first kappa shape index (κ1) is 16.7. The van der Waals surface area contributed by atoms with Crippen LogP contribution in [0.1, 0.15) is 20.8 Å². The van der Waals surface area contributed by atoms with Gasteiger partial charge in [0.1, 0.15) is 0 Å². The minimum atomic E-state index is -0.210. The molecule has 1 aromatic carbocycles. The maximum atomic E-state index is 12.2. The molecule has 1 N–H and O–H groups in total. The first-order valence-corrected chi connectivity index (χ1v) is 8.35. The molecule has 1 aromatic heterocycles. The number of hydrogen-bond donors (Lipinski definition) is 1. The van der Waals surface area contributed by atoms with Crippen molar-refractivity contribution in [1.82, 2.24) is 4.90 Å². The summed E-state index contributed by atoms with van der Waals surface area (Å²) in [5, 5.41) is 2.84. The van der Waals surface area contributed by atoms with Crippen molar-refractivity contribution >= 4 is 44.8 Å². The average molecular weight is 381 g/mol. The molecular formula is C16H17BrN2O2S. The van der Waals surface area contributed by atoms with Gasteiger partial charge in [0.05, 0.1) is 15.2 Å². The van der Waals surface area contributed by atoms with E-state index in [0.29, 0.717) is 4.88 Å². The average Bonchev–Trinajstić information content (AvgIpc) is 2.87. The minimum Gasteiger partial charge on any atom is -0.332 e. The summed E-state index contributed by atoms with van der Waals surface area (Å²) in [4.78, 5) is 26.3. The molecule has 6 heteroatoms. The Morgan fingerprint density at radius 2 is 1.95 bits per heavy atom. The van der Waals surface area contributed by atoms with Gasteiger partial charge in [-0.15, -0.1) is 11.3 Å². The Balaban J connectivity index is 1.98. The number of thiophene rings is 1. The van der Waals surface area contributed by atoms with Crippen LogP contribution in [0.3, 0.4) is 0 Å². The highest BCUT2D eigenvalue weighted by atomic mass is 79.9. The van der Waals surface area contributed by atoms with E-state index >= 15 is 0 Å². The number of halogens is 1. The number of benzene rings is 1. The molecule has 0 spiro atoms. The van der Waals surface area contributed by atoms with Crippen LogP contribution in [0.5, 0.6) is 0 Å². The highest BCUT2D eigenvalue weighted by Gasteiger charge is 2.17. The van der Waals surface area contributed by atoms with Crippen LogP contribution in [0.2, 0.25) is 0 Å². The van der Waals surface area contributed by atoms with Crippen molar-refractivity contribution in [2.45, 2.75) is 13.8 Å². The summed E-state index contributed by atoms with van der Waals surface area (Å²) in [7, 11) is 1.62. The van der Waals surface area contributed by atoms with E-state index in [0.717, 1.165) is 20.6 Å². The van der Waals surface area contributed by atoms with Crippen molar-refractivity contribution in [2.75, 3.05) is 18.9 Å². The topological polar surface area (TPSA) is 49.4 Å². The number of carbonyl (C=O) groups is 2. The third-order valence-electron chi connectivity index (χ3n) is 3.17. The molecule has 4 nitrogen and oxygen atoms in total. The number of anilines is 1. The summed E-state index contributed by atoms with van der Waals surface area (Å²) in [6.07, 6.45) is 0.